The van der Waals surface area contributed by atoms with Gasteiger partial charge in [0.1, 0.15) is 0 Å². The molecule has 1 N–H and O–H groups in total. The lowest BCUT2D eigenvalue weighted by Crippen LogP contribution is -2.28. The topological polar surface area (TPSA) is 89.3 Å². The Bertz CT molecular complexity index is 642. The van der Waals surface area contributed by atoms with Gasteiger partial charge in [-0.05, 0) is 17.9 Å². The van der Waals surface area contributed by atoms with Crippen molar-refractivity contribution in [1.82, 2.24) is 4.72 Å². The number of nitrogens with one attached hydrogen (secondary N) is 1. The van der Waals surface area contributed by atoms with Crippen molar-refractivity contribution in [3.63, 3.8) is 0 Å². The van der Waals surface area contributed by atoms with Crippen LogP contribution in [-0.4, -0.2) is 19.4 Å². The smallest absolute Gasteiger partial charge is 0.258 e. The maximum Gasteiger partial charge on any atom is 0.304 e. The summed E-state index contributed by atoms with van der Waals surface area (Å²) in [6, 6.07) is 2.35. The van der Waals surface area contributed by atoms with Crippen molar-refractivity contribution in [1.29, 1.82) is 0 Å². The fourth-order valence-electron chi connectivity index (χ4n) is 1.73. The van der Waals surface area contributed by atoms with E-state index in [9.17, 15) is 22.9 Å². The molecule has 0 amide bonds. The number of benzene rings is 1. The molecule has 1 aliphatic carbocycles. The van der Waals surface area contributed by atoms with Crippen molar-refractivity contribution < 1.29 is 17.7 Å². The van der Waals surface area contributed by atoms with Gasteiger partial charge in [-0.3, -0.25) is 10.1 Å². The van der Waals surface area contributed by atoms with Crippen molar-refractivity contribution in [2.45, 2.75) is 31.2 Å². The van der Waals surface area contributed by atoms with Gasteiger partial charge in [-0.25, -0.2) is 13.1 Å². The van der Waals surface area contributed by atoms with E-state index >= 15 is 0 Å². The lowest BCUT2D eigenvalue weighted by atomic mass is 10.2. The number of nitro benzene ring substituents is 1. The first kappa shape index (κ1) is 13.9. The molecule has 104 valence electrons. The molecule has 0 bridgehead atoms. The van der Waals surface area contributed by atoms with Crippen LogP contribution >= 0.6 is 0 Å². The Hall–Kier alpha value is -1.54. The second kappa shape index (κ2) is 4.24. The van der Waals surface area contributed by atoms with Gasteiger partial charge in [0.2, 0.25) is 15.8 Å². The summed E-state index contributed by atoms with van der Waals surface area (Å²) in [5.74, 6) is -1.16. The van der Waals surface area contributed by atoms with E-state index in [0.29, 0.717) is 12.5 Å². The zero-order chi connectivity index (χ0) is 14.4. The molecule has 1 aromatic carbocycles. The van der Waals surface area contributed by atoms with Crippen molar-refractivity contribution in [2.24, 2.45) is 5.41 Å². The van der Waals surface area contributed by atoms with E-state index in [1.54, 1.807) is 0 Å². The molecule has 19 heavy (non-hydrogen) atoms. The maximum absolute atomic E-state index is 13.4. The van der Waals surface area contributed by atoms with Crippen molar-refractivity contribution >= 4 is 15.7 Å². The highest BCUT2D eigenvalue weighted by Crippen LogP contribution is 2.45. The number of hydrogen-bond acceptors (Lipinski definition) is 4. The normalized spacial score (nSPS) is 21.1. The van der Waals surface area contributed by atoms with Crippen molar-refractivity contribution in [3.8, 4) is 0 Å². The minimum Gasteiger partial charge on any atom is -0.258 e. The molecular weight excluding hydrogens is 275 g/mol. The zero-order valence-corrected chi connectivity index (χ0v) is 11.2. The van der Waals surface area contributed by atoms with E-state index < -0.39 is 26.5 Å². The maximum atomic E-state index is 13.4. The average Bonchev–Trinajstić information content (AvgIpc) is 2.84. The molecule has 0 aliphatic heterocycles. The molecule has 1 unspecified atom stereocenters. The SMILES string of the molecule is CC1(C)CC1NS(=O)(=O)c1ccc([N+](=O)[O-])c(F)c1. The average molecular weight is 288 g/mol. The lowest BCUT2D eigenvalue weighted by Gasteiger charge is -2.08. The molecule has 0 saturated heterocycles. The fourth-order valence-corrected chi connectivity index (χ4v) is 3.15. The number of halogens is 1. The lowest BCUT2D eigenvalue weighted by molar-refractivity contribution is -0.387. The first-order valence-corrected chi connectivity index (χ1v) is 7.08. The summed E-state index contributed by atoms with van der Waals surface area (Å²) in [5.41, 5.74) is -0.849. The Labute approximate surface area is 109 Å². The number of rotatable bonds is 4. The molecule has 0 heterocycles. The minimum atomic E-state index is -3.85. The molecule has 1 aliphatic rings. The highest BCUT2D eigenvalue weighted by Gasteiger charge is 2.47. The van der Waals surface area contributed by atoms with Crippen molar-refractivity contribution in [3.05, 3.63) is 34.1 Å². The molecule has 1 atom stereocenters. The molecule has 0 radical (unpaired) electrons. The second-order valence-corrected chi connectivity index (χ2v) is 6.95. The summed E-state index contributed by atoms with van der Waals surface area (Å²) in [7, 11) is -3.85. The third-order valence-electron chi connectivity index (χ3n) is 3.24. The van der Waals surface area contributed by atoms with Crippen LogP contribution in [0, 0.1) is 21.3 Å². The molecule has 2 rings (SSSR count). The van der Waals surface area contributed by atoms with Gasteiger partial charge in [0.25, 0.3) is 0 Å². The number of nitro groups is 1. The third-order valence-corrected chi connectivity index (χ3v) is 4.71. The Morgan fingerprint density at radius 2 is 2.05 bits per heavy atom. The summed E-state index contributed by atoms with van der Waals surface area (Å²) in [6.45, 7) is 3.83. The van der Waals surface area contributed by atoms with Gasteiger partial charge in [-0.1, -0.05) is 13.8 Å². The number of hydrogen-bond donors (Lipinski definition) is 1. The van der Waals surface area contributed by atoms with E-state index in [2.05, 4.69) is 4.72 Å². The zero-order valence-electron chi connectivity index (χ0n) is 10.4. The van der Waals surface area contributed by atoms with Gasteiger partial charge in [0, 0.05) is 18.2 Å². The largest absolute Gasteiger partial charge is 0.304 e. The molecule has 8 heteroatoms. The van der Waals surface area contributed by atoms with Crippen LogP contribution in [0.4, 0.5) is 10.1 Å². The first-order valence-electron chi connectivity index (χ1n) is 5.60. The predicted molar refractivity (Wildman–Crippen MR) is 65.6 cm³/mol. The third kappa shape index (κ3) is 2.74. The van der Waals surface area contributed by atoms with E-state index in [4.69, 9.17) is 0 Å². The van der Waals surface area contributed by atoms with Crippen LogP contribution in [-0.2, 0) is 10.0 Å². The molecule has 0 spiro atoms. The van der Waals surface area contributed by atoms with Gasteiger partial charge in [0.15, 0.2) is 0 Å². The summed E-state index contributed by atoms with van der Waals surface area (Å²) >= 11 is 0. The van der Waals surface area contributed by atoms with Crippen LogP contribution < -0.4 is 4.72 Å². The van der Waals surface area contributed by atoms with Crippen LogP contribution in [0.25, 0.3) is 0 Å². The molecule has 6 nitrogen and oxygen atoms in total. The van der Waals surface area contributed by atoms with E-state index in [1.807, 2.05) is 13.8 Å². The van der Waals surface area contributed by atoms with Gasteiger partial charge >= 0.3 is 5.69 Å². The molecule has 0 aromatic heterocycles. The Balaban J connectivity index is 2.27. The highest BCUT2D eigenvalue weighted by atomic mass is 32.2. The first-order chi connectivity index (χ1) is 8.63. The fraction of sp³-hybridized carbons (Fsp3) is 0.455. The molecule has 1 fully saturated rings. The van der Waals surface area contributed by atoms with Crippen LogP contribution in [0.5, 0.6) is 0 Å². The monoisotopic (exact) mass is 288 g/mol. The highest BCUT2D eigenvalue weighted by molar-refractivity contribution is 7.89. The van der Waals surface area contributed by atoms with Gasteiger partial charge < -0.3 is 0 Å². The summed E-state index contributed by atoms with van der Waals surface area (Å²) in [6.07, 6.45) is 0.710. The Morgan fingerprint density at radius 3 is 2.47 bits per heavy atom. The van der Waals surface area contributed by atoms with Crippen LogP contribution in [0.15, 0.2) is 23.1 Å². The van der Waals surface area contributed by atoms with Gasteiger partial charge in [-0.15, -0.1) is 0 Å². The molecule has 1 aromatic rings. The minimum absolute atomic E-state index is 0.105. The summed E-state index contributed by atoms with van der Waals surface area (Å²) < 4.78 is 39.8. The predicted octanol–water partition coefficient (Wildman–Crippen LogP) is 1.81. The quantitative estimate of drug-likeness (QED) is 0.676. The van der Waals surface area contributed by atoms with Crippen LogP contribution in [0.3, 0.4) is 0 Å². The molecular formula is C11H13FN2O4S. The Morgan fingerprint density at radius 1 is 1.47 bits per heavy atom. The number of nitrogens with zero attached hydrogens (tertiary/aromatic N) is 1. The number of sulfonamides is 1. The van der Waals surface area contributed by atoms with Crippen LogP contribution in [0.1, 0.15) is 20.3 Å². The van der Waals surface area contributed by atoms with E-state index in [0.717, 1.165) is 12.1 Å². The van der Waals surface area contributed by atoms with Gasteiger partial charge in [0.05, 0.1) is 9.82 Å². The standard InChI is InChI=1S/C11H13FN2O4S/c1-11(2)6-10(11)13-19(17,18)7-3-4-9(14(15)16)8(12)5-7/h3-5,10,13H,6H2,1-2H3. The second-order valence-electron chi connectivity index (χ2n) is 5.24. The summed E-state index contributed by atoms with van der Waals surface area (Å²) in [5, 5.41) is 10.5. The van der Waals surface area contributed by atoms with E-state index in [-0.39, 0.29) is 16.4 Å². The van der Waals surface area contributed by atoms with Crippen molar-refractivity contribution in [2.75, 3.05) is 0 Å². The van der Waals surface area contributed by atoms with Gasteiger partial charge in [-0.2, -0.15) is 4.39 Å². The molecule has 1 saturated carbocycles. The summed E-state index contributed by atoms with van der Waals surface area (Å²) in [4.78, 5) is 9.25. The Kier molecular flexibility index (Phi) is 3.10. The van der Waals surface area contributed by atoms with Crippen LogP contribution in [0.2, 0.25) is 0 Å². The van der Waals surface area contributed by atoms with E-state index in [1.165, 1.54) is 0 Å².